The van der Waals surface area contributed by atoms with Gasteiger partial charge in [0.25, 0.3) is 0 Å². The van der Waals surface area contributed by atoms with Crippen LogP contribution in [0.3, 0.4) is 0 Å². The molecule has 0 aliphatic carbocycles. The molecule has 0 saturated carbocycles. The summed E-state index contributed by atoms with van der Waals surface area (Å²) in [6, 6.07) is 11.1. The topological polar surface area (TPSA) is 44.8 Å². The van der Waals surface area contributed by atoms with E-state index in [-0.39, 0.29) is 5.78 Å². The van der Waals surface area contributed by atoms with Crippen molar-refractivity contribution in [3.8, 4) is 17.2 Å². The first-order valence-corrected chi connectivity index (χ1v) is 10.4. The Morgan fingerprint density at radius 1 is 0.828 bits per heavy atom. The third kappa shape index (κ3) is 6.97. The molecule has 0 spiro atoms. The predicted molar refractivity (Wildman–Crippen MR) is 118 cm³/mol. The zero-order valence-corrected chi connectivity index (χ0v) is 18.0. The predicted octanol–water partition coefficient (Wildman–Crippen LogP) is 6.26. The number of carbonyl (C=O) groups excluding carboxylic acids is 1. The molecule has 2 aromatic rings. The molecule has 0 atom stereocenters. The summed E-state index contributed by atoms with van der Waals surface area (Å²) in [5.74, 6) is 2.28. The second-order valence-corrected chi connectivity index (χ2v) is 6.90. The van der Waals surface area contributed by atoms with E-state index in [0.717, 1.165) is 47.6 Å². The molecule has 0 aromatic heterocycles. The van der Waals surface area contributed by atoms with E-state index in [9.17, 15) is 4.79 Å². The first-order valence-electron chi connectivity index (χ1n) is 10.4. The summed E-state index contributed by atoms with van der Waals surface area (Å²) in [6.45, 7) is 10.2. The minimum absolute atomic E-state index is 0.0534. The van der Waals surface area contributed by atoms with Crippen LogP contribution in [0.15, 0.2) is 42.5 Å². The van der Waals surface area contributed by atoms with Gasteiger partial charge in [-0.25, -0.2) is 0 Å². The average Bonchev–Trinajstić information content (AvgIpc) is 2.75. The molecular weight excluding hydrogens is 364 g/mol. The molecule has 29 heavy (non-hydrogen) atoms. The number of allylic oxidation sites excluding steroid dienone is 1. The van der Waals surface area contributed by atoms with Gasteiger partial charge >= 0.3 is 0 Å². The molecule has 4 heteroatoms. The van der Waals surface area contributed by atoms with Crippen molar-refractivity contribution in [3.63, 3.8) is 0 Å². The maximum Gasteiger partial charge on any atom is 0.185 e. The Morgan fingerprint density at radius 3 is 2.03 bits per heavy atom. The highest BCUT2D eigenvalue weighted by molar-refractivity contribution is 6.07. The van der Waals surface area contributed by atoms with E-state index < -0.39 is 0 Å². The summed E-state index contributed by atoms with van der Waals surface area (Å²) < 4.78 is 17.2. The quantitative estimate of drug-likeness (QED) is 0.314. The van der Waals surface area contributed by atoms with Crippen molar-refractivity contribution >= 4 is 11.9 Å². The van der Waals surface area contributed by atoms with E-state index in [1.807, 2.05) is 37.3 Å². The van der Waals surface area contributed by atoms with Gasteiger partial charge in [-0.3, -0.25) is 4.79 Å². The highest BCUT2D eigenvalue weighted by Crippen LogP contribution is 2.30. The maximum atomic E-state index is 12.6. The molecule has 2 rings (SSSR count). The van der Waals surface area contributed by atoms with Crippen molar-refractivity contribution in [2.75, 3.05) is 19.8 Å². The van der Waals surface area contributed by atoms with Gasteiger partial charge in [0, 0.05) is 11.6 Å². The number of carbonyl (C=O) groups is 1. The zero-order chi connectivity index (χ0) is 21.1. The first-order chi connectivity index (χ1) is 14.1. The SMILES string of the molecule is CCCOc1ccc(C(=O)C=Cc2cc(OCCC)cc(OCCC)c2C)cc1. The van der Waals surface area contributed by atoms with Gasteiger partial charge in [-0.2, -0.15) is 0 Å². The molecule has 4 nitrogen and oxygen atoms in total. The van der Waals surface area contributed by atoms with Gasteiger partial charge in [0.1, 0.15) is 17.2 Å². The molecule has 0 bridgehead atoms. The summed E-state index contributed by atoms with van der Waals surface area (Å²) in [7, 11) is 0. The van der Waals surface area contributed by atoms with Gasteiger partial charge in [0.05, 0.1) is 19.8 Å². The molecule has 0 radical (unpaired) electrons. The van der Waals surface area contributed by atoms with E-state index in [0.29, 0.717) is 25.4 Å². The molecule has 156 valence electrons. The minimum atomic E-state index is -0.0534. The van der Waals surface area contributed by atoms with Crippen molar-refractivity contribution in [1.82, 2.24) is 0 Å². The van der Waals surface area contributed by atoms with Crippen LogP contribution in [0.2, 0.25) is 0 Å². The molecule has 0 amide bonds. The molecule has 0 fully saturated rings. The fourth-order valence-corrected chi connectivity index (χ4v) is 2.72. The van der Waals surface area contributed by atoms with E-state index in [1.54, 1.807) is 18.2 Å². The molecule has 0 aliphatic rings. The molecule has 0 heterocycles. The van der Waals surface area contributed by atoms with E-state index >= 15 is 0 Å². The van der Waals surface area contributed by atoms with Crippen LogP contribution in [-0.2, 0) is 0 Å². The molecule has 0 saturated heterocycles. The Bertz CT molecular complexity index is 806. The first kappa shape index (κ1) is 22.5. The molecule has 0 N–H and O–H groups in total. The second kappa shape index (κ2) is 11.9. The smallest absolute Gasteiger partial charge is 0.185 e. The minimum Gasteiger partial charge on any atom is -0.494 e. The average molecular weight is 397 g/mol. The molecular formula is C25H32O4. The van der Waals surface area contributed by atoms with Crippen molar-refractivity contribution in [2.24, 2.45) is 0 Å². The van der Waals surface area contributed by atoms with E-state index in [1.165, 1.54) is 0 Å². The van der Waals surface area contributed by atoms with Crippen LogP contribution in [0.4, 0.5) is 0 Å². The standard InChI is InChI=1S/C25H32O4/c1-5-14-27-22-11-8-20(9-12-22)24(26)13-10-21-17-23(28-15-6-2)18-25(19(21)4)29-16-7-3/h8-13,17-18H,5-7,14-16H2,1-4H3. The Labute approximate surface area is 174 Å². The third-order valence-electron chi connectivity index (χ3n) is 4.33. The summed E-state index contributed by atoms with van der Waals surface area (Å²) in [4.78, 5) is 12.6. The van der Waals surface area contributed by atoms with Crippen LogP contribution < -0.4 is 14.2 Å². The molecule has 2 aromatic carbocycles. The normalized spacial score (nSPS) is 10.9. The number of rotatable bonds is 12. The lowest BCUT2D eigenvalue weighted by atomic mass is 10.0. The lowest BCUT2D eigenvalue weighted by Gasteiger charge is -2.14. The summed E-state index contributed by atoms with van der Waals surface area (Å²) in [5, 5.41) is 0. The van der Waals surface area contributed by atoms with Crippen LogP contribution in [-0.4, -0.2) is 25.6 Å². The number of ketones is 1. The summed E-state index contributed by atoms with van der Waals surface area (Å²) in [5.41, 5.74) is 2.54. The van der Waals surface area contributed by atoms with Crippen molar-refractivity contribution in [1.29, 1.82) is 0 Å². The third-order valence-corrected chi connectivity index (χ3v) is 4.33. The second-order valence-electron chi connectivity index (χ2n) is 6.90. The van der Waals surface area contributed by atoms with Crippen LogP contribution in [0, 0.1) is 6.92 Å². The van der Waals surface area contributed by atoms with Crippen LogP contribution in [0.5, 0.6) is 17.2 Å². The van der Waals surface area contributed by atoms with Crippen LogP contribution >= 0.6 is 0 Å². The number of ether oxygens (including phenoxy) is 3. The van der Waals surface area contributed by atoms with Gasteiger partial charge in [-0.1, -0.05) is 26.8 Å². The fraction of sp³-hybridized carbons (Fsp3) is 0.400. The van der Waals surface area contributed by atoms with Gasteiger partial charge in [0.15, 0.2) is 5.78 Å². The Balaban J connectivity index is 2.19. The zero-order valence-electron chi connectivity index (χ0n) is 18.0. The van der Waals surface area contributed by atoms with Gasteiger partial charge < -0.3 is 14.2 Å². The maximum absolute atomic E-state index is 12.6. The van der Waals surface area contributed by atoms with Gasteiger partial charge in [-0.15, -0.1) is 0 Å². The Hall–Kier alpha value is -2.75. The number of benzene rings is 2. The monoisotopic (exact) mass is 396 g/mol. The van der Waals surface area contributed by atoms with Gasteiger partial charge in [-0.05, 0) is 73.7 Å². The lowest BCUT2D eigenvalue weighted by molar-refractivity contribution is 0.104. The van der Waals surface area contributed by atoms with Crippen molar-refractivity contribution in [3.05, 3.63) is 59.2 Å². The highest BCUT2D eigenvalue weighted by Gasteiger charge is 2.09. The Morgan fingerprint density at radius 2 is 1.41 bits per heavy atom. The van der Waals surface area contributed by atoms with Crippen LogP contribution in [0.1, 0.15) is 61.5 Å². The Kier molecular flexibility index (Phi) is 9.29. The van der Waals surface area contributed by atoms with Crippen LogP contribution in [0.25, 0.3) is 6.08 Å². The summed E-state index contributed by atoms with van der Waals surface area (Å²) >= 11 is 0. The highest BCUT2D eigenvalue weighted by atomic mass is 16.5. The van der Waals surface area contributed by atoms with Crippen molar-refractivity contribution < 1.29 is 19.0 Å². The van der Waals surface area contributed by atoms with Crippen molar-refractivity contribution in [2.45, 2.75) is 47.0 Å². The van der Waals surface area contributed by atoms with E-state index in [2.05, 4.69) is 20.8 Å². The largest absolute Gasteiger partial charge is 0.494 e. The molecule has 0 aliphatic heterocycles. The number of hydrogen-bond donors (Lipinski definition) is 0. The molecule has 0 unspecified atom stereocenters. The number of hydrogen-bond acceptors (Lipinski definition) is 4. The van der Waals surface area contributed by atoms with E-state index in [4.69, 9.17) is 14.2 Å². The fourth-order valence-electron chi connectivity index (χ4n) is 2.72. The summed E-state index contributed by atoms with van der Waals surface area (Å²) in [6.07, 6.45) is 6.24. The lowest BCUT2D eigenvalue weighted by Crippen LogP contribution is -2.01. The van der Waals surface area contributed by atoms with Gasteiger partial charge in [0.2, 0.25) is 0 Å².